The number of likely N-dealkylation sites (N-methyl/N-ethyl adjacent to an activating group) is 1. The second-order valence-electron chi connectivity index (χ2n) is 5.20. The van der Waals surface area contributed by atoms with Crippen molar-refractivity contribution < 1.29 is 14.3 Å². The van der Waals surface area contributed by atoms with Gasteiger partial charge in [-0.05, 0) is 33.5 Å². The van der Waals surface area contributed by atoms with Gasteiger partial charge in [0, 0.05) is 24.7 Å². The van der Waals surface area contributed by atoms with E-state index in [1.54, 1.807) is 11.0 Å². The SMILES string of the molecule is Cc1ccoc1C(=O)N1CC(O)CC1CN(C)C. The highest BCUT2D eigenvalue weighted by Gasteiger charge is 2.36. The number of nitrogens with zero attached hydrogens (tertiary/aromatic N) is 2. The number of aliphatic hydroxyl groups is 1. The van der Waals surface area contributed by atoms with Crippen molar-refractivity contribution in [3.05, 3.63) is 23.7 Å². The first-order valence-corrected chi connectivity index (χ1v) is 6.17. The van der Waals surface area contributed by atoms with Gasteiger partial charge in [0.15, 0.2) is 5.76 Å². The minimum atomic E-state index is -0.436. The van der Waals surface area contributed by atoms with Crippen LogP contribution in [-0.4, -0.2) is 60.1 Å². The number of hydrogen-bond acceptors (Lipinski definition) is 4. The molecular formula is C13H20N2O3. The van der Waals surface area contributed by atoms with E-state index in [1.807, 2.05) is 25.9 Å². The summed E-state index contributed by atoms with van der Waals surface area (Å²) in [7, 11) is 3.93. The van der Waals surface area contributed by atoms with Gasteiger partial charge in [-0.2, -0.15) is 0 Å². The summed E-state index contributed by atoms with van der Waals surface area (Å²) in [6.07, 6.45) is 1.72. The molecule has 0 spiro atoms. The Morgan fingerprint density at radius 2 is 2.33 bits per heavy atom. The van der Waals surface area contributed by atoms with E-state index in [-0.39, 0.29) is 11.9 Å². The number of hydrogen-bond donors (Lipinski definition) is 1. The van der Waals surface area contributed by atoms with E-state index >= 15 is 0 Å². The van der Waals surface area contributed by atoms with Crippen molar-refractivity contribution in [1.82, 2.24) is 9.80 Å². The van der Waals surface area contributed by atoms with Crippen LogP contribution in [-0.2, 0) is 0 Å². The number of carbonyl (C=O) groups is 1. The zero-order chi connectivity index (χ0) is 13.3. The van der Waals surface area contributed by atoms with E-state index in [0.29, 0.717) is 18.7 Å². The van der Waals surface area contributed by atoms with Gasteiger partial charge < -0.3 is 19.3 Å². The Morgan fingerprint density at radius 3 is 2.89 bits per heavy atom. The fourth-order valence-electron chi connectivity index (χ4n) is 2.46. The Morgan fingerprint density at radius 1 is 1.61 bits per heavy atom. The predicted octanol–water partition coefficient (Wildman–Crippen LogP) is 0.725. The second kappa shape index (κ2) is 5.12. The monoisotopic (exact) mass is 252 g/mol. The number of carbonyl (C=O) groups excluding carboxylic acids is 1. The number of rotatable bonds is 3. The molecule has 100 valence electrons. The average Bonchev–Trinajstić information content (AvgIpc) is 2.83. The molecule has 0 bridgehead atoms. The molecule has 0 saturated carbocycles. The Labute approximate surface area is 107 Å². The van der Waals surface area contributed by atoms with Crippen LogP contribution in [0, 0.1) is 6.92 Å². The van der Waals surface area contributed by atoms with Gasteiger partial charge in [0.25, 0.3) is 5.91 Å². The third-order valence-electron chi connectivity index (χ3n) is 3.29. The number of β-amino-alcohol motifs (C(OH)–C–C–N with tert-alkyl or cyclic N) is 1. The molecule has 2 atom stereocenters. The fraction of sp³-hybridized carbons (Fsp3) is 0.615. The summed E-state index contributed by atoms with van der Waals surface area (Å²) in [5.41, 5.74) is 0.838. The molecule has 2 unspecified atom stereocenters. The summed E-state index contributed by atoms with van der Waals surface area (Å²) in [6, 6.07) is 1.83. The van der Waals surface area contributed by atoms with Crippen molar-refractivity contribution in [2.75, 3.05) is 27.2 Å². The molecule has 1 N–H and O–H groups in total. The van der Waals surface area contributed by atoms with Gasteiger partial charge in [-0.25, -0.2) is 0 Å². The van der Waals surface area contributed by atoms with Gasteiger partial charge in [-0.15, -0.1) is 0 Å². The number of aliphatic hydroxyl groups excluding tert-OH is 1. The summed E-state index contributed by atoms with van der Waals surface area (Å²) >= 11 is 0. The van der Waals surface area contributed by atoms with Crippen molar-refractivity contribution in [2.24, 2.45) is 0 Å². The molecule has 1 aromatic rings. The highest BCUT2D eigenvalue weighted by Crippen LogP contribution is 2.22. The molecule has 5 nitrogen and oxygen atoms in total. The van der Waals surface area contributed by atoms with E-state index in [1.165, 1.54) is 6.26 Å². The smallest absolute Gasteiger partial charge is 0.290 e. The maximum absolute atomic E-state index is 12.4. The van der Waals surface area contributed by atoms with Crippen LogP contribution < -0.4 is 0 Å². The molecule has 0 aromatic carbocycles. The van der Waals surface area contributed by atoms with E-state index in [2.05, 4.69) is 0 Å². The van der Waals surface area contributed by atoms with Gasteiger partial charge in [0.2, 0.25) is 0 Å². The Hall–Kier alpha value is -1.33. The van der Waals surface area contributed by atoms with Gasteiger partial charge in [-0.1, -0.05) is 0 Å². The summed E-state index contributed by atoms with van der Waals surface area (Å²) in [6.45, 7) is 2.99. The van der Waals surface area contributed by atoms with Gasteiger partial charge in [-0.3, -0.25) is 4.79 Å². The Bertz CT molecular complexity index is 428. The van der Waals surface area contributed by atoms with Crippen LogP contribution in [0.3, 0.4) is 0 Å². The minimum absolute atomic E-state index is 0.0481. The van der Waals surface area contributed by atoms with Crippen LogP contribution in [0.1, 0.15) is 22.5 Å². The standard InChI is InChI=1S/C13H20N2O3/c1-9-4-5-18-12(9)13(17)15-8-11(16)6-10(15)7-14(2)3/h4-5,10-11,16H,6-8H2,1-3H3. The van der Waals surface area contributed by atoms with E-state index in [9.17, 15) is 9.90 Å². The zero-order valence-electron chi connectivity index (χ0n) is 11.1. The fourth-order valence-corrected chi connectivity index (χ4v) is 2.46. The van der Waals surface area contributed by atoms with E-state index < -0.39 is 6.10 Å². The van der Waals surface area contributed by atoms with Crippen molar-refractivity contribution in [3.8, 4) is 0 Å². The summed E-state index contributed by atoms with van der Waals surface area (Å²) in [5.74, 6) is 0.258. The van der Waals surface area contributed by atoms with Crippen molar-refractivity contribution in [3.63, 3.8) is 0 Å². The molecule has 0 radical (unpaired) electrons. The molecule has 1 aromatic heterocycles. The first-order chi connectivity index (χ1) is 8.49. The molecule has 1 aliphatic rings. The van der Waals surface area contributed by atoms with Gasteiger partial charge >= 0.3 is 0 Å². The van der Waals surface area contributed by atoms with Gasteiger partial charge in [0.1, 0.15) is 0 Å². The maximum atomic E-state index is 12.4. The molecule has 5 heteroatoms. The van der Waals surface area contributed by atoms with E-state index in [4.69, 9.17) is 4.42 Å². The Kier molecular flexibility index (Phi) is 3.73. The topological polar surface area (TPSA) is 56.9 Å². The number of furan rings is 1. The lowest BCUT2D eigenvalue weighted by atomic mass is 10.2. The summed E-state index contributed by atoms with van der Waals surface area (Å²) in [5, 5.41) is 9.76. The van der Waals surface area contributed by atoms with E-state index in [0.717, 1.165) is 12.1 Å². The second-order valence-corrected chi connectivity index (χ2v) is 5.20. The van der Waals surface area contributed by atoms with Gasteiger partial charge in [0.05, 0.1) is 12.4 Å². The third-order valence-corrected chi connectivity index (χ3v) is 3.29. The van der Waals surface area contributed by atoms with Crippen LogP contribution in [0.4, 0.5) is 0 Å². The van der Waals surface area contributed by atoms with Crippen molar-refractivity contribution in [1.29, 1.82) is 0 Å². The Balaban J connectivity index is 2.15. The molecule has 1 fully saturated rings. The quantitative estimate of drug-likeness (QED) is 0.861. The summed E-state index contributed by atoms with van der Waals surface area (Å²) in [4.78, 5) is 16.1. The molecule has 1 saturated heterocycles. The first-order valence-electron chi connectivity index (χ1n) is 6.17. The lowest BCUT2D eigenvalue weighted by molar-refractivity contribution is 0.0666. The average molecular weight is 252 g/mol. The number of likely N-dealkylation sites (tertiary alicyclic amines) is 1. The highest BCUT2D eigenvalue weighted by molar-refractivity contribution is 5.93. The van der Waals surface area contributed by atoms with Crippen molar-refractivity contribution in [2.45, 2.75) is 25.5 Å². The minimum Gasteiger partial charge on any atom is -0.459 e. The zero-order valence-corrected chi connectivity index (χ0v) is 11.1. The molecular weight excluding hydrogens is 232 g/mol. The molecule has 1 amide bonds. The highest BCUT2D eigenvalue weighted by atomic mass is 16.3. The van der Waals surface area contributed by atoms with Crippen LogP contribution >= 0.6 is 0 Å². The summed E-state index contributed by atoms with van der Waals surface area (Å²) < 4.78 is 5.24. The molecule has 0 aliphatic carbocycles. The van der Waals surface area contributed by atoms with Crippen LogP contribution in [0.15, 0.2) is 16.7 Å². The predicted molar refractivity (Wildman–Crippen MR) is 67.4 cm³/mol. The largest absolute Gasteiger partial charge is 0.459 e. The normalized spacial score (nSPS) is 23.9. The molecule has 18 heavy (non-hydrogen) atoms. The van der Waals surface area contributed by atoms with Crippen LogP contribution in [0.5, 0.6) is 0 Å². The lowest BCUT2D eigenvalue weighted by Crippen LogP contribution is -2.41. The van der Waals surface area contributed by atoms with Crippen LogP contribution in [0.25, 0.3) is 0 Å². The third kappa shape index (κ3) is 2.57. The molecule has 2 rings (SSSR count). The first kappa shape index (κ1) is 13.1. The molecule has 2 heterocycles. The number of aryl methyl sites for hydroxylation is 1. The maximum Gasteiger partial charge on any atom is 0.290 e. The lowest BCUT2D eigenvalue weighted by Gasteiger charge is -2.26. The van der Waals surface area contributed by atoms with Crippen molar-refractivity contribution >= 4 is 5.91 Å². The number of amides is 1. The molecule has 1 aliphatic heterocycles. The van der Waals surface area contributed by atoms with Crippen LogP contribution in [0.2, 0.25) is 0 Å².